The molecule has 0 radical (unpaired) electrons. The zero-order valence-corrected chi connectivity index (χ0v) is 8.17. The molecular weight excluding hydrogens is 205 g/mol. The first-order chi connectivity index (χ1) is 7.00. The lowest BCUT2D eigenvalue weighted by molar-refractivity contribution is 0.198. The van der Waals surface area contributed by atoms with E-state index in [2.05, 4.69) is 0 Å². The second kappa shape index (κ2) is 4.98. The van der Waals surface area contributed by atoms with Gasteiger partial charge in [0.1, 0.15) is 5.82 Å². The molecule has 0 aliphatic carbocycles. The monoisotopic (exact) mass is 216 g/mol. The molecule has 0 saturated heterocycles. The van der Waals surface area contributed by atoms with E-state index in [-0.39, 0.29) is 5.56 Å². The Morgan fingerprint density at radius 3 is 2.40 bits per heavy atom. The van der Waals surface area contributed by atoms with Crippen LogP contribution in [0, 0.1) is 17.5 Å². The quantitative estimate of drug-likeness (QED) is 0.770. The summed E-state index contributed by atoms with van der Waals surface area (Å²) in [6.45, 7) is 1.58. The highest BCUT2D eigenvalue weighted by atomic mass is 19.2. The molecule has 0 aliphatic heterocycles. The normalized spacial score (nSPS) is 13.4. The minimum Gasteiger partial charge on any atom is -0.393 e. The SMILES string of the molecule is CC(O)CC=Cc1cc(F)c(F)cc1F. The Balaban J connectivity index is 2.86. The third-order valence-electron chi connectivity index (χ3n) is 1.81. The van der Waals surface area contributed by atoms with Gasteiger partial charge in [-0.3, -0.25) is 0 Å². The van der Waals surface area contributed by atoms with Crippen molar-refractivity contribution in [2.75, 3.05) is 0 Å². The Morgan fingerprint density at radius 1 is 1.20 bits per heavy atom. The standard InChI is InChI=1S/C11H11F3O/c1-7(15)3-2-4-8-5-10(13)11(14)6-9(8)12/h2,4-7,15H,3H2,1H3. The van der Waals surface area contributed by atoms with Gasteiger partial charge in [0, 0.05) is 11.6 Å². The third kappa shape index (κ3) is 3.40. The maximum absolute atomic E-state index is 13.0. The van der Waals surface area contributed by atoms with Crippen LogP contribution < -0.4 is 0 Å². The first-order valence-corrected chi connectivity index (χ1v) is 4.50. The van der Waals surface area contributed by atoms with Gasteiger partial charge in [-0.05, 0) is 19.4 Å². The molecule has 15 heavy (non-hydrogen) atoms. The van der Waals surface area contributed by atoms with Gasteiger partial charge in [-0.2, -0.15) is 0 Å². The molecule has 0 bridgehead atoms. The predicted octanol–water partition coefficient (Wildman–Crippen LogP) is 2.89. The van der Waals surface area contributed by atoms with E-state index in [1.807, 2.05) is 0 Å². The van der Waals surface area contributed by atoms with Gasteiger partial charge in [-0.1, -0.05) is 12.2 Å². The van der Waals surface area contributed by atoms with Crippen molar-refractivity contribution in [3.05, 3.63) is 41.2 Å². The molecule has 0 heterocycles. The second-order valence-corrected chi connectivity index (χ2v) is 3.27. The minimum absolute atomic E-state index is 0.0328. The van der Waals surface area contributed by atoms with Gasteiger partial charge in [0.05, 0.1) is 6.10 Å². The highest BCUT2D eigenvalue weighted by Gasteiger charge is 2.07. The minimum atomic E-state index is -1.21. The summed E-state index contributed by atoms with van der Waals surface area (Å²) in [6, 6.07) is 1.28. The molecule has 1 aromatic carbocycles. The number of rotatable bonds is 3. The molecule has 1 N–H and O–H groups in total. The smallest absolute Gasteiger partial charge is 0.161 e. The summed E-state index contributed by atoms with van der Waals surface area (Å²) in [5.41, 5.74) is -0.0328. The third-order valence-corrected chi connectivity index (χ3v) is 1.81. The summed E-state index contributed by atoms with van der Waals surface area (Å²) in [4.78, 5) is 0. The van der Waals surface area contributed by atoms with E-state index in [0.29, 0.717) is 12.5 Å². The topological polar surface area (TPSA) is 20.2 Å². The summed E-state index contributed by atoms with van der Waals surface area (Å²) in [5, 5.41) is 8.92. The number of benzene rings is 1. The molecule has 0 aliphatic rings. The summed E-state index contributed by atoms with van der Waals surface area (Å²) < 4.78 is 38.3. The lowest BCUT2D eigenvalue weighted by atomic mass is 10.1. The molecule has 0 saturated carbocycles. The molecule has 1 unspecified atom stereocenters. The van der Waals surface area contributed by atoms with E-state index in [4.69, 9.17) is 5.11 Å². The first-order valence-electron chi connectivity index (χ1n) is 4.50. The van der Waals surface area contributed by atoms with Gasteiger partial charge in [0.2, 0.25) is 0 Å². The zero-order valence-electron chi connectivity index (χ0n) is 8.17. The van der Waals surface area contributed by atoms with E-state index in [1.165, 1.54) is 12.2 Å². The molecule has 1 aromatic rings. The van der Waals surface area contributed by atoms with Crippen LogP contribution in [-0.4, -0.2) is 11.2 Å². The summed E-state index contributed by atoms with van der Waals surface area (Å²) >= 11 is 0. The molecule has 82 valence electrons. The second-order valence-electron chi connectivity index (χ2n) is 3.27. The van der Waals surface area contributed by atoms with Crippen molar-refractivity contribution in [3.8, 4) is 0 Å². The van der Waals surface area contributed by atoms with Crippen molar-refractivity contribution in [3.63, 3.8) is 0 Å². The van der Waals surface area contributed by atoms with Crippen LogP contribution in [0.15, 0.2) is 18.2 Å². The Morgan fingerprint density at radius 2 is 1.80 bits per heavy atom. The largest absolute Gasteiger partial charge is 0.393 e. The number of aliphatic hydroxyl groups excluding tert-OH is 1. The van der Waals surface area contributed by atoms with Gasteiger partial charge in [-0.25, -0.2) is 13.2 Å². The van der Waals surface area contributed by atoms with Gasteiger partial charge >= 0.3 is 0 Å². The Kier molecular flexibility index (Phi) is 3.91. The van der Waals surface area contributed by atoms with Crippen molar-refractivity contribution < 1.29 is 18.3 Å². The van der Waals surface area contributed by atoms with E-state index in [0.717, 1.165) is 6.07 Å². The molecule has 0 spiro atoms. The van der Waals surface area contributed by atoms with Gasteiger partial charge in [0.25, 0.3) is 0 Å². The fraction of sp³-hybridized carbons (Fsp3) is 0.273. The van der Waals surface area contributed by atoms with Crippen LogP contribution in [0.1, 0.15) is 18.9 Å². The van der Waals surface area contributed by atoms with Crippen molar-refractivity contribution >= 4 is 6.08 Å². The highest BCUT2D eigenvalue weighted by molar-refractivity contribution is 5.50. The van der Waals surface area contributed by atoms with Crippen molar-refractivity contribution in [2.45, 2.75) is 19.4 Å². The molecular formula is C11H11F3O. The van der Waals surface area contributed by atoms with E-state index in [9.17, 15) is 13.2 Å². The van der Waals surface area contributed by atoms with Gasteiger partial charge in [-0.15, -0.1) is 0 Å². The average molecular weight is 216 g/mol. The molecule has 1 atom stereocenters. The van der Waals surface area contributed by atoms with Crippen LogP contribution in [0.25, 0.3) is 6.08 Å². The number of halogens is 3. The molecule has 4 heteroatoms. The van der Waals surface area contributed by atoms with Crippen molar-refractivity contribution in [1.82, 2.24) is 0 Å². The van der Waals surface area contributed by atoms with Crippen LogP contribution in [-0.2, 0) is 0 Å². The molecule has 1 rings (SSSR count). The van der Waals surface area contributed by atoms with Crippen LogP contribution in [0.3, 0.4) is 0 Å². The fourth-order valence-corrected chi connectivity index (χ4v) is 1.06. The van der Waals surface area contributed by atoms with Crippen molar-refractivity contribution in [1.29, 1.82) is 0 Å². The predicted molar refractivity (Wildman–Crippen MR) is 51.6 cm³/mol. The molecule has 0 fully saturated rings. The molecule has 0 amide bonds. The Hall–Kier alpha value is -1.29. The van der Waals surface area contributed by atoms with Gasteiger partial charge in [0.15, 0.2) is 11.6 Å². The number of hydrogen-bond donors (Lipinski definition) is 1. The summed E-state index contributed by atoms with van der Waals surface area (Å²) in [5.74, 6) is -3.12. The number of aliphatic hydroxyl groups is 1. The first kappa shape index (κ1) is 11.8. The van der Waals surface area contributed by atoms with Crippen molar-refractivity contribution in [2.24, 2.45) is 0 Å². The lowest BCUT2D eigenvalue weighted by Gasteiger charge is -2.00. The van der Waals surface area contributed by atoms with E-state index >= 15 is 0 Å². The maximum Gasteiger partial charge on any atom is 0.161 e. The average Bonchev–Trinajstić information content (AvgIpc) is 2.13. The fourth-order valence-electron chi connectivity index (χ4n) is 1.06. The highest BCUT2D eigenvalue weighted by Crippen LogP contribution is 2.15. The van der Waals surface area contributed by atoms with Crippen LogP contribution in [0.5, 0.6) is 0 Å². The number of hydrogen-bond acceptors (Lipinski definition) is 1. The molecule has 1 nitrogen and oxygen atoms in total. The summed E-state index contributed by atoms with van der Waals surface area (Å²) in [7, 11) is 0. The summed E-state index contributed by atoms with van der Waals surface area (Å²) in [6.07, 6.45) is 2.60. The Bertz CT molecular complexity index is 372. The molecule has 0 aromatic heterocycles. The van der Waals surface area contributed by atoms with Crippen LogP contribution in [0.2, 0.25) is 0 Å². The Labute approximate surface area is 85.9 Å². The zero-order chi connectivity index (χ0) is 11.4. The van der Waals surface area contributed by atoms with E-state index < -0.39 is 23.6 Å². The lowest BCUT2D eigenvalue weighted by Crippen LogP contribution is -1.95. The van der Waals surface area contributed by atoms with Crippen LogP contribution >= 0.6 is 0 Å². The maximum atomic E-state index is 13.0. The van der Waals surface area contributed by atoms with Gasteiger partial charge < -0.3 is 5.11 Å². The van der Waals surface area contributed by atoms with Crippen LogP contribution in [0.4, 0.5) is 13.2 Å². The van der Waals surface area contributed by atoms with E-state index in [1.54, 1.807) is 6.92 Å².